The number of halogens is 1. The highest BCUT2D eigenvalue weighted by atomic mass is 35.5. The predicted molar refractivity (Wildman–Crippen MR) is 122 cm³/mol. The fourth-order valence-electron chi connectivity index (χ4n) is 4.32. The van der Waals surface area contributed by atoms with Crippen molar-refractivity contribution in [3.63, 3.8) is 0 Å². The minimum Gasteiger partial charge on any atom is -0.353 e. The van der Waals surface area contributed by atoms with Crippen molar-refractivity contribution in [2.45, 2.75) is 31.9 Å². The van der Waals surface area contributed by atoms with Crippen molar-refractivity contribution >= 4 is 40.3 Å². The Bertz CT molecular complexity index is 1180. The maximum absolute atomic E-state index is 13.2. The maximum Gasteiger partial charge on any atom is 0.262 e. The zero-order chi connectivity index (χ0) is 22.1. The molecular weight excluding hydrogens is 428 g/mol. The third kappa shape index (κ3) is 3.94. The molecule has 164 valence electrons. The van der Waals surface area contributed by atoms with Gasteiger partial charge in [0.25, 0.3) is 5.91 Å². The van der Waals surface area contributed by atoms with Crippen molar-refractivity contribution in [1.29, 1.82) is 0 Å². The average Bonchev–Trinajstić information content (AvgIpc) is 3.09. The van der Waals surface area contributed by atoms with Crippen LogP contribution in [-0.4, -0.2) is 46.4 Å². The number of hydrogen-bond donors (Lipinski definition) is 0. The van der Waals surface area contributed by atoms with Crippen LogP contribution in [0.15, 0.2) is 48.5 Å². The normalized spacial score (nSPS) is 18.5. The fourth-order valence-corrected chi connectivity index (χ4v) is 4.46. The lowest BCUT2D eigenvalue weighted by Crippen LogP contribution is -2.36. The van der Waals surface area contributed by atoms with Crippen LogP contribution in [-0.2, 0) is 9.53 Å². The average molecular weight is 451 g/mol. The molecule has 5 rings (SSSR count). The molecule has 0 aliphatic carbocycles. The summed E-state index contributed by atoms with van der Waals surface area (Å²) in [5.41, 5.74) is 1.89. The van der Waals surface area contributed by atoms with Gasteiger partial charge in [-0.3, -0.25) is 14.5 Å². The summed E-state index contributed by atoms with van der Waals surface area (Å²) in [7, 11) is 0. The van der Waals surface area contributed by atoms with Crippen LogP contribution >= 0.6 is 11.6 Å². The van der Waals surface area contributed by atoms with Crippen molar-refractivity contribution in [1.82, 2.24) is 14.9 Å². The first-order valence-electron chi connectivity index (χ1n) is 10.9. The van der Waals surface area contributed by atoms with Gasteiger partial charge in [-0.2, -0.15) is 0 Å². The van der Waals surface area contributed by atoms with Crippen molar-refractivity contribution < 1.29 is 14.3 Å². The van der Waals surface area contributed by atoms with Gasteiger partial charge in [0, 0.05) is 36.0 Å². The minimum atomic E-state index is -0.583. The monoisotopic (exact) mass is 450 g/mol. The van der Waals surface area contributed by atoms with E-state index in [4.69, 9.17) is 16.3 Å². The molecule has 0 bridgehead atoms. The van der Waals surface area contributed by atoms with E-state index in [1.165, 1.54) is 0 Å². The molecule has 1 atom stereocenters. The van der Waals surface area contributed by atoms with Crippen LogP contribution in [0.5, 0.6) is 0 Å². The number of pyridine rings is 2. The molecule has 1 unspecified atom stereocenters. The number of carbonyl (C=O) groups excluding carboxylic acids is 2. The first-order chi connectivity index (χ1) is 15.6. The largest absolute Gasteiger partial charge is 0.353 e. The number of likely N-dealkylation sites (tertiary alicyclic amines) is 1. The topological polar surface area (TPSA) is 75.6 Å². The van der Waals surface area contributed by atoms with Gasteiger partial charge >= 0.3 is 0 Å². The second-order valence-electron chi connectivity index (χ2n) is 8.03. The highest BCUT2D eigenvalue weighted by Gasteiger charge is 2.39. The summed E-state index contributed by atoms with van der Waals surface area (Å²) >= 11 is 6.04. The van der Waals surface area contributed by atoms with Gasteiger partial charge in [-0.05, 0) is 49.6 Å². The van der Waals surface area contributed by atoms with Gasteiger partial charge in [-0.25, -0.2) is 9.97 Å². The zero-order valence-corrected chi connectivity index (χ0v) is 18.3. The first-order valence-corrected chi connectivity index (χ1v) is 11.2. The van der Waals surface area contributed by atoms with E-state index in [1.807, 2.05) is 35.2 Å². The molecule has 32 heavy (non-hydrogen) atoms. The van der Waals surface area contributed by atoms with Crippen LogP contribution in [0.3, 0.4) is 0 Å². The molecule has 7 nitrogen and oxygen atoms in total. The lowest BCUT2D eigenvalue weighted by atomic mass is 10.1. The molecule has 2 aliphatic heterocycles. The van der Waals surface area contributed by atoms with Crippen LogP contribution < -0.4 is 4.90 Å². The minimum absolute atomic E-state index is 0.161. The number of ether oxygens (including phenoxy) is 1. The van der Waals surface area contributed by atoms with Crippen molar-refractivity contribution in [3.8, 4) is 0 Å². The number of hydrogen-bond acceptors (Lipinski definition) is 5. The Balaban J connectivity index is 1.37. The molecule has 2 aliphatic rings. The number of aromatic nitrogens is 2. The highest BCUT2D eigenvalue weighted by Crippen LogP contribution is 2.38. The summed E-state index contributed by atoms with van der Waals surface area (Å²) in [6.45, 7) is 1.90. The smallest absolute Gasteiger partial charge is 0.262 e. The molecule has 1 fully saturated rings. The van der Waals surface area contributed by atoms with Crippen LogP contribution in [0.4, 0.5) is 5.82 Å². The number of benzene rings is 1. The van der Waals surface area contributed by atoms with Crippen LogP contribution in [0.2, 0.25) is 5.15 Å². The van der Waals surface area contributed by atoms with Crippen LogP contribution in [0.25, 0.3) is 11.0 Å². The van der Waals surface area contributed by atoms with E-state index in [2.05, 4.69) is 9.97 Å². The van der Waals surface area contributed by atoms with Crippen LogP contribution in [0, 0.1) is 0 Å². The Hall–Kier alpha value is -3.03. The lowest BCUT2D eigenvalue weighted by Gasteiger charge is -2.28. The van der Waals surface area contributed by atoms with E-state index >= 15 is 0 Å². The third-order valence-electron chi connectivity index (χ3n) is 5.93. The van der Waals surface area contributed by atoms with E-state index in [1.54, 1.807) is 23.1 Å². The molecule has 2 aromatic heterocycles. The standard InChI is InChI=1S/C24H23ClN4O3/c25-19-11-9-16-10-12-20(27-22(16)26-19)29-23(31)17-6-1-2-7-18(17)24(29)32-15-5-14-28-13-4-3-8-21(28)30/h1-2,6-7,9-12,24H,3-5,8,13-15H2. The molecule has 3 aromatic rings. The quantitative estimate of drug-likeness (QED) is 0.412. The van der Waals surface area contributed by atoms with Gasteiger partial charge in [0.15, 0.2) is 11.9 Å². The Labute approximate surface area is 191 Å². The van der Waals surface area contributed by atoms with E-state index < -0.39 is 6.23 Å². The second kappa shape index (κ2) is 8.84. The van der Waals surface area contributed by atoms with Crippen molar-refractivity contribution in [2.24, 2.45) is 0 Å². The third-order valence-corrected chi connectivity index (χ3v) is 6.14. The number of anilines is 1. The molecular formula is C24H23ClN4O3. The number of fused-ring (bicyclic) bond motifs is 2. The number of carbonyl (C=O) groups is 2. The summed E-state index contributed by atoms with van der Waals surface area (Å²) < 4.78 is 6.21. The molecule has 8 heteroatoms. The first kappa shape index (κ1) is 20.8. The number of rotatable bonds is 6. The van der Waals surface area contributed by atoms with Crippen molar-refractivity contribution in [3.05, 3.63) is 64.8 Å². The summed E-state index contributed by atoms with van der Waals surface area (Å²) in [5.74, 6) is 0.515. The summed E-state index contributed by atoms with van der Waals surface area (Å²) in [4.78, 5) is 37.6. The number of piperidine rings is 1. The number of nitrogens with zero attached hydrogens (tertiary/aromatic N) is 4. The number of amides is 2. The summed E-state index contributed by atoms with van der Waals surface area (Å²) in [6, 6.07) is 14.7. The van der Waals surface area contributed by atoms with Gasteiger partial charge in [0.2, 0.25) is 5.91 Å². The summed E-state index contributed by atoms with van der Waals surface area (Å²) in [6.07, 6.45) is 2.77. The van der Waals surface area contributed by atoms with Gasteiger partial charge < -0.3 is 9.64 Å². The lowest BCUT2D eigenvalue weighted by molar-refractivity contribution is -0.133. The molecule has 0 saturated carbocycles. The Morgan fingerprint density at radius 3 is 2.75 bits per heavy atom. The molecule has 0 spiro atoms. The summed E-state index contributed by atoms with van der Waals surface area (Å²) in [5, 5.41) is 1.18. The Morgan fingerprint density at radius 2 is 1.88 bits per heavy atom. The van der Waals surface area contributed by atoms with Crippen molar-refractivity contribution in [2.75, 3.05) is 24.6 Å². The molecule has 1 aromatic carbocycles. The van der Waals surface area contributed by atoms with Gasteiger partial charge in [-0.1, -0.05) is 29.8 Å². The molecule has 4 heterocycles. The van der Waals surface area contributed by atoms with E-state index in [9.17, 15) is 9.59 Å². The van der Waals surface area contributed by atoms with Gasteiger partial charge in [0.1, 0.15) is 11.0 Å². The Kier molecular flexibility index (Phi) is 5.76. The molecule has 0 N–H and O–H groups in total. The van der Waals surface area contributed by atoms with E-state index in [0.717, 1.165) is 30.3 Å². The zero-order valence-electron chi connectivity index (χ0n) is 17.5. The van der Waals surface area contributed by atoms with E-state index in [-0.39, 0.29) is 11.8 Å². The van der Waals surface area contributed by atoms with E-state index in [0.29, 0.717) is 48.2 Å². The van der Waals surface area contributed by atoms with Gasteiger partial charge in [0.05, 0.1) is 6.61 Å². The fraction of sp³-hybridized carbons (Fsp3) is 0.333. The predicted octanol–water partition coefficient (Wildman–Crippen LogP) is 4.36. The molecule has 1 saturated heterocycles. The second-order valence-corrected chi connectivity index (χ2v) is 8.41. The highest BCUT2D eigenvalue weighted by molar-refractivity contribution is 6.29. The Morgan fingerprint density at radius 1 is 1.03 bits per heavy atom. The molecule has 0 radical (unpaired) electrons. The van der Waals surface area contributed by atoms with Gasteiger partial charge in [-0.15, -0.1) is 0 Å². The maximum atomic E-state index is 13.2. The van der Waals surface area contributed by atoms with Crippen LogP contribution in [0.1, 0.15) is 47.8 Å². The SMILES string of the molecule is O=C1CCCCN1CCCOC1c2ccccc2C(=O)N1c1ccc2ccc(Cl)nc2n1. The molecule has 2 amide bonds.